The Morgan fingerprint density at radius 2 is 2.54 bits per heavy atom. The third kappa shape index (κ3) is 1.45. The topological polar surface area (TPSA) is 55.2 Å². The van der Waals surface area contributed by atoms with Crippen LogP contribution in [0.5, 0.6) is 0 Å². The predicted molar refractivity (Wildman–Crippen MR) is 48.9 cm³/mol. The highest BCUT2D eigenvalue weighted by Gasteiger charge is 2.01. The van der Waals surface area contributed by atoms with Gasteiger partial charge in [0.15, 0.2) is 5.65 Å². The summed E-state index contributed by atoms with van der Waals surface area (Å²) in [7, 11) is 1.63. The van der Waals surface area contributed by atoms with E-state index < -0.39 is 0 Å². The van der Waals surface area contributed by atoms with Gasteiger partial charge in [0.2, 0.25) is 0 Å². The van der Waals surface area contributed by atoms with Gasteiger partial charge < -0.3 is 4.74 Å². The Hall–Kier alpha value is -1.27. The molecule has 68 valence electrons. The Morgan fingerprint density at radius 1 is 1.69 bits per heavy atom. The Labute approximate surface area is 79.3 Å². The van der Waals surface area contributed by atoms with Crippen molar-refractivity contribution < 1.29 is 4.74 Å². The van der Waals surface area contributed by atoms with Crippen molar-refractivity contribution in [3.63, 3.8) is 0 Å². The summed E-state index contributed by atoms with van der Waals surface area (Å²) in [6.45, 7) is 0.482. The van der Waals surface area contributed by atoms with Crippen molar-refractivity contribution in [2.24, 2.45) is 0 Å². The first-order chi connectivity index (χ1) is 6.31. The highest BCUT2D eigenvalue weighted by Crippen LogP contribution is 2.03. The van der Waals surface area contributed by atoms with Crippen LogP contribution in [-0.2, 0) is 11.3 Å². The van der Waals surface area contributed by atoms with Gasteiger partial charge in [-0.2, -0.15) is 5.10 Å². The highest BCUT2D eigenvalue weighted by atomic mass is 32.1. The van der Waals surface area contributed by atoms with Crippen LogP contribution in [0.1, 0.15) is 5.69 Å². The van der Waals surface area contributed by atoms with Crippen LogP contribution in [0.4, 0.5) is 0 Å². The third-order valence-corrected chi connectivity index (χ3v) is 1.87. The Kier molecular flexibility index (Phi) is 2.07. The van der Waals surface area contributed by atoms with Crippen LogP contribution in [0.25, 0.3) is 5.65 Å². The summed E-state index contributed by atoms with van der Waals surface area (Å²) < 4.78 is 7.30. The number of methoxy groups -OCH3 is 1. The van der Waals surface area contributed by atoms with Crippen molar-refractivity contribution in [1.29, 1.82) is 0 Å². The number of nitrogens with one attached hydrogen (secondary N) is 1. The molecule has 0 spiro atoms. The Balaban J connectivity index is 2.70. The van der Waals surface area contributed by atoms with Gasteiger partial charge in [-0.1, -0.05) is 12.2 Å². The minimum Gasteiger partial charge on any atom is -0.378 e. The van der Waals surface area contributed by atoms with Crippen LogP contribution in [0.2, 0.25) is 0 Å². The Morgan fingerprint density at radius 3 is 3.31 bits per heavy atom. The molecule has 2 aromatic rings. The normalized spacial score (nSPS) is 10.8. The van der Waals surface area contributed by atoms with Gasteiger partial charge in [0.1, 0.15) is 4.64 Å². The molecular weight excluding hydrogens is 188 g/mol. The van der Waals surface area contributed by atoms with Gasteiger partial charge in [0, 0.05) is 7.11 Å². The van der Waals surface area contributed by atoms with Crippen LogP contribution >= 0.6 is 12.2 Å². The van der Waals surface area contributed by atoms with Gasteiger partial charge >= 0.3 is 0 Å². The van der Waals surface area contributed by atoms with E-state index in [0.717, 1.165) is 5.69 Å². The molecule has 0 unspecified atom stereocenters. The summed E-state index contributed by atoms with van der Waals surface area (Å²) in [6.07, 6.45) is 1.62. The van der Waals surface area contributed by atoms with Gasteiger partial charge in [0.05, 0.1) is 18.5 Å². The second-order valence-electron chi connectivity index (χ2n) is 2.57. The zero-order valence-corrected chi connectivity index (χ0v) is 7.84. The molecule has 0 saturated heterocycles. The molecule has 6 heteroatoms. The molecule has 0 amide bonds. The quantitative estimate of drug-likeness (QED) is 0.726. The molecule has 0 aliphatic carbocycles. The van der Waals surface area contributed by atoms with Crippen LogP contribution in [0.3, 0.4) is 0 Å². The van der Waals surface area contributed by atoms with E-state index in [1.54, 1.807) is 23.9 Å². The molecular formula is C7H8N4OS. The van der Waals surface area contributed by atoms with E-state index >= 15 is 0 Å². The highest BCUT2D eigenvalue weighted by molar-refractivity contribution is 7.71. The first-order valence-corrected chi connectivity index (χ1v) is 4.13. The van der Waals surface area contributed by atoms with E-state index in [1.165, 1.54) is 0 Å². The minimum atomic E-state index is 0.482. The predicted octanol–water partition coefficient (Wildman–Crippen LogP) is 0.933. The summed E-state index contributed by atoms with van der Waals surface area (Å²) in [5.74, 6) is 0. The minimum absolute atomic E-state index is 0.482. The largest absolute Gasteiger partial charge is 0.378 e. The first kappa shape index (κ1) is 8.33. The van der Waals surface area contributed by atoms with Crippen molar-refractivity contribution >= 4 is 17.9 Å². The fourth-order valence-corrected chi connectivity index (χ4v) is 1.38. The standard InChI is InChI=1S/C7H8N4OS/c1-12-4-5-2-7(13)9-6-3-8-10-11(5)6/h2-3,10H,4H2,1H3. The number of fused-ring (bicyclic) bond motifs is 1. The van der Waals surface area contributed by atoms with E-state index in [1.807, 2.05) is 0 Å². The van der Waals surface area contributed by atoms with Crippen LogP contribution in [0, 0.1) is 4.64 Å². The molecule has 0 aliphatic rings. The molecule has 2 rings (SSSR count). The molecule has 0 saturated carbocycles. The molecule has 0 atom stereocenters. The monoisotopic (exact) mass is 196 g/mol. The lowest BCUT2D eigenvalue weighted by Gasteiger charge is -2.01. The van der Waals surface area contributed by atoms with Gasteiger partial charge in [-0.15, -0.1) is 0 Å². The van der Waals surface area contributed by atoms with E-state index in [-0.39, 0.29) is 0 Å². The number of nitrogens with zero attached hydrogens (tertiary/aromatic N) is 3. The maximum absolute atomic E-state index is 5.02. The van der Waals surface area contributed by atoms with Crippen molar-refractivity contribution in [3.05, 3.63) is 22.6 Å². The number of H-pyrrole nitrogens is 1. The number of rotatable bonds is 2. The fraction of sp³-hybridized carbons (Fsp3) is 0.286. The van der Waals surface area contributed by atoms with E-state index in [2.05, 4.69) is 15.3 Å². The molecule has 13 heavy (non-hydrogen) atoms. The van der Waals surface area contributed by atoms with Gasteiger partial charge in [-0.05, 0) is 6.07 Å². The number of aromatic amines is 1. The number of ether oxygens (including phenoxy) is 1. The van der Waals surface area contributed by atoms with Gasteiger partial charge in [0.25, 0.3) is 0 Å². The maximum Gasteiger partial charge on any atom is 0.174 e. The van der Waals surface area contributed by atoms with Gasteiger partial charge in [-0.25, -0.2) is 14.7 Å². The summed E-state index contributed by atoms with van der Waals surface area (Å²) in [4.78, 5) is 4.11. The summed E-state index contributed by atoms with van der Waals surface area (Å²) in [5, 5.41) is 6.64. The van der Waals surface area contributed by atoms with Crippen molar-refractivity contribution in [3.8, 4) is 0 Å². The van der Waals surface area contributed by atoms with Crippen molar-refractivity contribution in [2.75, 3.05) is 7.11 Å². The molecule has 0 aromatic carbocycles. The van der Waals surface area contributed by atoms with Crippen molar-refractivity contribution in [1.82, 2.24) is 19.8 Å². The van der Waals surface area contributed by atoms with E-state index in [9.17, 15) is 0 Å². The third-order valence-electron chi connectivity index (χ3n) is 1.66. The lowest BCUT2D eigenvalue weighted by atomic mass is 10.4. The molecule has 0 radical (unpaired) electrons. The smallest absolute Gasteiger partial charge is 0.174 e. The molecule has 1 N–H and O–H groups in total. The van der Waals surface area contributed by atoms with E-state index in [4.69, 9.17) is 17.0 Å². The van der Waals surface area contributed by atoms with Crippen LogP contribution in [-0.4, -0.2) is 26.9 Å². The van der Waals surface area contributed by atoms with Crippen LogP contribution < -0.4 is 0 Å². The number of hydrogen-bond acceptors (Lipinski definition) is 4. The zero-order chi connectivity index (χ0) is 9.26. The first-order valence-electron chi connectivity index (χ1n) is 3.72. The Bertz CT molecular complexity index is 475. The lowest BCUT2D eigenvalue weighted by Crippen LogP contribution is -2.01. The average Bonchev–Trinajstić information content (AvgIpc) is 2.52. The summed E-state index contributed by atoms with van der Waals surface area (Å²) in [6, 6.07) is 1.78. The van der Waals surface area contributed by atoms with Gasteiger partial charge in [-0.3, -0.25) is 0 Å². The molecule has 0 bridgehead atoms. The molecule has 2 aromatic heterocycles. The van der Waals surface area contributed by atoms with Crippen molar-refractivity contribution in [2.45, 2.75) is 6.61 Å². The fourth-order valence-electron chi connectivity index (χ4n) is 1.15. The lowest BCUT2D eigenvalue weighted by molar-refractivity contribution is 0.179. The van der Waals surface area contributed by atoms with Crippen LogP contribution in [0.15, 0.2) is 12.3 Å². The number of aromatic nitrogens is 4. The van der Waals surface area contributed by atoms with E-state index in [0.29, 0.717) is 16.9 Å². The number of hydrogen-bond donors (Lipinski definition) is 1. The maximum atomic E-state index is 5.02. The summed E-state index contributed by atoms with van der Waals surface area (Å²) >= 11 is 4.99. The SMILES string of the molecule is COCc1cc(=S)nc2cn[nH]n12. The molecule has 0 aliphatic heterocycles. The molecule has 5 nitrogen and oxygen atoms in total. The molecule has 0 fully saturated rings. The molecule has 2 heterocycles. The zero-order valence-electron chi connectivity index (χ0n) is 7.02. The second kappa shape index (κ2) is 3.23. The average molecular weight is 196 g/mol. The summed E-state index contributed by atoms with van der Waals surface area (Å²) in [5.41, 5.74) is 1.62. The second-order valence-corrected chi connectivity index (χ2v) is 2.99.